The minimum absolute atomic E-state index is 0. The van der Waals surface area contributed by atoms with E-state index in [9.17, 15) is 0 Å². The van der Waals surface area contributed by atoms with Crippen LogP contribution in [-0.2, 0) is 6.54 Å². The normalized spacial score (nSPS) is 18.7. The van der Waals surface area contributed by atoms with Gasteiger partial charge in [-0.3, -0.25) is 4.90 Å². The molecule has 1 fully saturated rings. The van der Waals surface area contributed by atoms with Crippen LogP contribution in [0, 0.1) is 6.92 Å². The zero-order valence-electron chi connectivity index (χ0n) is 12.5. The molecule has 1 N–H and O–H groups in total. The Bertz CT molecular complexity index is 567. The number of halogens is 1. The standard InChI is InChI=1S/C16H21N3O.ClH/c1-12-3-5-13(6-4-12)16-18-15(11-20-16)10-19-8-7-14(9-19)17-2;/h3-6,11,14,17H,7-10H2,1-2H3;1H. The number of hydrogen-bond donors (Lipinski definition) is 1. The van der Waals surface area contributed by atoms with Gasteiger partial charge >= 0.3 is 0 Å². The van der Waals surface area contributed by atoms with E-state index in [1.807, 2.05) is 7.05 Å². The van der Waals surface area contributed by atoms with Crippen LogP contribution in [0.4, 0.5) is 0 Å². The summed E-state index contributed by atoms with van der Waals surface area (Å²) in [5.74, 6) is 0.712. The summed E-state index contributed by atoms with van der Waals surface area (Å²) >= 11 is 0. The maximum atomic E-state index is 5.60. The number of rotatable bonds is 4. The zero-order chi connectivity index (χ0) is 13.9. The predicted molar refractivity (Wildman–Crippen MR) is 86.7 cm³/mol. The summed E-state index contributed by atoms with van der Waals surface area (Å²) in [6.07, 6.45) is 2.99. The molecule has 1 aromatic carbocycles. The van der Waals surface area contributed by atoms with Crippen LogP contribution in [0.3, 0.4) is 0 Å². The second kappa shape index (κ2) is 7.07. The number of nitrogens with one attached hydrogen (secondary N) is 1. The molecule has 4 nitrogen and oxygen atoms in total. The summed E-state index contributed by atoms with van der Waals surface area (Å²) in [6.45, 7) is 5.16. The van der Waals surface area contributed by atoms with Gasteiger partial charge in [0.15, 0.2) is 0 Å². The van der Waals surface area contributed by atoms with Crippen molar-refractivity contribution in [2.75, 3.05) is 20.1 Å². The Morgan fingerprint density at radius 2 is 2.10 bits per heavy atom. The van der Waals surface area contributed by atoms with Crippen molar-refractivity contribution in [1.29, 1.82) is 0 Å². The van der Waals surface area contributed by atoms with Gasteiger partial charge in [0.05, 0.1) is 5.69 Å². The molecule has 0 spiro atoms. The van der Waals surface area contributed by atoms with Gasteiger partial charge in [-0.25, -0.2) is 4.98 Å². The Hall–Kier alpha value is -1.36. The number of aryl methyl sites for hydroxylation is 1. The van der Waals surface area contributed by atoms with E-state index in [1.54, 1.807) is 6.26 Å². The van der Waals surface area contributed by atoms with Gasteiger partial charge in [-0.1, -0.05) is 17.7 Å². The molecule has 3 rings (SSSR count). The first-order chi connectivity index (χ1) is 9.74. The topological polar surface area (TPSA) is 41.3 Å². The number of nitrogens with zero attached hydrogens (tertiary/aromatic N) is 2. The Morgan fingerprint density at radius 3 is 2.76 bits per heavy atom. The second-order valence-electron chi connectivity index (χ2n) is 5.52. The molecule has 0 aliphatic carbocycles. The van der Waals surface area contributed by atoms with Crippen molar-refractivity contribution in [2.24, 2.45) is 0 Å². The Labute approximate surface area is 132 Å². The molecule has 1 aliphatic heterocycles. The van der Waals surface area contributed by atoms with Crippen LogP contribution in [0.2, 0.25) is 0 Å². The number of benzene rings is 1. The average Bonchev–Trinajstić information content (AvgIpc) is 3.09. The molecule has 0 radical (unpaired) electrons. The fraction of sp³-hybridized carbons (Fsp3) is 0.438. The Morgan fingerprint density at radius 1 is 1.33 bits per heavy atom. The fourth-order valence-corrected chi connectivity index (χ4v) is 2.65. The Kier molecular flexibility index (Phi) is 5.39. The molecular formula is C16H22ClN3O. The molecule has 2 aromatic rings. The minimum atomic E-state index is 0. The summed E-state index contributed by atoms with van der Waals surface area (Å²) in [7, 11) is 2.03. The molecule has 1 aromatic heterocycles. The molecule has 2 heterocycles. The van der Waals surface area contributed by atoms with E-state index in [-0.39, 0.29) is 12.4 Å². The zero-order valence-corrected chi connectivity index (χ0v) is 13.3. The molecule has 0 saturated carbocycles. The lowest BCUT2D eigenvalue weighted by molar-refractivity contribution is 0.318. The van der Waals surface area contributed by atoms with Gasteiger partial charge in [-0.05, 0) is 32.5 Å². The highest BCUT2D eigenvalue weighted by atomic mass is 35.5. The first-order valence-electron chi connectivity index (χ1n) is 7.15. The van der Waals surface area contributed by atoms with Gasteiger partial charge in [-0.15, -0.1) is 12.4 Å². The van der Waals surface area contributed by atoms with Crippen LogP contribution in [0.1, 0.15) is 17.7 Å². The van der Waals surface area contributed by atoms with Crippen LogP contribution in [0.15, 0.2) is 34.9 Å². The van der Waals surface area contributed by atoms with Crippen molar-refractivity contribution < 1.29 is 4.42 Å². The van der Waals surface area contributed by atoms with E-state index >= 15 is 0 Å². The van der Waals surface area contributed by atoms with Gasteiger partial charge < -0.3 is 9.73 Å². The van der Waals surface area contributed by atoms with Crippen molar-refractivity contribution in [3.05, 3.63) is 41.8 Å². The highest BCUT2D eigenvalue weighted by molar-refractivity contribution is 5.85. The number of aromatic nitrogens is 1. The van der Waals surface area contributed by atoms with E-state index in [2.05, 4.69) is 46.4 Å². The van der Waals surface area contributed by atoms with Crippen LogP contribution >= 0.6 is 12.4 Å². The number of hydrogen-bond acceptors (Lipinski definition) is 4. The monoisotopic (exact) mass is 307 g/mol. The van der Waals surface area contributed by atoms with Crippen LogP contribution in [-0.4, -0.2) is 36.1 Å². The summed E-state index contributed by atoms with van der Waals surface area (Å²) in [5, 5.41) is 3.33. The van der Waals surface area contributed by atoms with Crippen LogP contribution < -0.4 is 5.32 Å². The van der Waals surface area contributed by atoms with E-state index < -0.39 is 0 Å². The first-order valence-corrected chi connectivity index (χ1v) is 7.15. The van der Waals surface area contributed by atoms with Crippen LogP contribution in [0.5, 0.6) is 0 Å². The Balaban J connectivity index is 0.00000161. The van der Waals surface area contributed by atoms with Gasteiger partial charge in [0.1, 0.15) is 6.26 Å². The molecule has 114 valence electrons. The van der Waals surface area contributed by atoms with E-state index in [1.165, 1.54) is 12.0 Å². The van der Waals surface area contributed by atoms with Gasteiger partial charge in [-0.2, -0.15) is 0 Å². The third-order valence-electron chi connectivity index (χ3n) is 3.92. The molecule has 1 saturated heterocycles. The first kappa shape index (κ1) is 16.0. The quantitative estimate of drug-likeness (QED) is 0.943. The lowest BCUT2D eigenvalue weighted by Gasteiger charge is -2.13. The smallest absolute Gasteiger partial charge is 0.226 e. The summed E-state index contributed by atoms with van der Waals surface area (Å²) in [5.41, 5.74) is 3.30. The van der Waals surface area contributed by atoms with Crippen molar-refractivity contribution in [1.82, 2.24) is 15.2 Å². The number of likely N-dealkylation sites (tertiary alicyclic amines) is 1. The van der Waals surface area contributed by atoms with E-state index in [4.69, 9.17) is 4.42 Å². The second-order valence-corrected chi connectivity index (χ2v) is 5.52. The minimum Gasteiger partial charge on any atom is -0.444 e. The number of likely N-dealkylation sites (N-methyl/N-ethyl adjacent to an activating group) is 1. The van der Waals surface area contributed by atoms with E-state index in [0.29, 0.717) is 11.9 Å². The van der Waals surface area contributed by atoms with Crippen molar-refractivity contribution >= 4 is 12.4 Å². The van der Waals surface area contributed by atoms with Crippen LogP contribution in [0.25, 0.3) is 11.5 Å². The fourth-order valence-electron chi connectivity index (χ4n) is 2.65. The van der Waals surface area contributed by atoms with Gasteiger partial charge in [0, 0.05) is 31.2 Å². The van der Waals surface area contributed by atoms with Gasteiger partial charge in [0.25, 0.3) is 0 Å². The average molecular weight is 308 g/mol. The molecule has 0 bridgehead atoms. The molecule has 5 heteroatoms. The summed E-state index contributed by atoms with van der Waals surface area (Å²) in [4.78, 5) is 7.01. The maximum Gasteiger partial charge on any atom is 0.226 e. The summed E-state index contributed by atoms with van der Waals surface area (Å²) < 4.78 is 5.60. The largest absolute Gasteiger partial charge is 0.444 e. The lowest BCUT2D eigenvalue weighted by Crippen LogP contribution is -2.29. The molecule has 1 aliphatic rings. The van der Waals surface area contributed by atoms with Gasteiger partial charge in [0.2, 0.25) is 5.89 Å². The third-order valence-corrected chi connectivity index (χ3v) is 3.92. The molecule has 1 unspecified atom stereocenters. The summed E-state index contributed by atoms with van der Waals surface area (Å²) in [6, 6.07) is 8.88. The van der Waals surface area contributed by atoms with E-state index in [0.717, 1.165) is 30.9 Å². The molecular weight excluding hydrogens is 286 g/mol. The molecule has 0 amide bonds. The van der Waals surface area contributed by atoms with Crippen molar-refractivity contribution in [3.8, 4) is 11.5 Å². The molecule has 21 heavy (non-hydrogen) atoms. The third kappa shape index (κ3) is 3.84. The van der Waals surface area contributed by atoms with Crippen molar-refractivity contribution in [2.45, 2.75) is 25.9 Å². The molecule has 1 atom stereocenters. The lowest BCUT2D eigenvalue weighted by atomic mass is 10.1. The predicted octanol–water partition coefficient (Wildman–Crippen LogP) is 2.87. The maximum absolute atomic E-state index is 5.60. The van der Waals surface area contributed by atoms with Crippen molar-refractivity contribution in [3.63, 3.8) is 0 Å². The number of oxazole rings is 1. The SMILES string of the molecule is CNC1CCN(Cc2coc(-c3ccc(C)cc3)n2)C1.Cl. The highest BCUT2D eigenvalue weighted by Gasteiger charge is 2.21. The highest BCUT2D eigenvalue weighted by Crippen LogP contribution is 2.20.